The summed E-state index contributed by atoms with van der Waals surface area (Å²) in [6.45, 7) is 2.53. The second-order valence-corrected chi connectivity index (χ2v) is 8.29. The van der Waals surface area contributed by atoms with E-state index in [4.69, 9.17) is 10.9 Å². The van der Waals surface area contributed by atoms with E-state index in [0.29, 0.717) is 20.4 Å². The summed E-state index contributed by atoms with van der Waals surface area (Å²) in [4.78, 5) is 34.3. The summed E-state index contributed by atoms with van der Waals surface area (Å²) in [5, 5.41) is 4.28. The minimum absolute atomic E-state index is 0.341. The number of carbonyl (C=O) groups excluding carboxylic acids is 3. The van der Waals surface area contributed by atoms with Crippen LogP contribution in [-0.4, -0.2) is 34.8 Å². The molecule has 0 aliphatic heterocycles. The van der Waals surface area contributed by atoms with E-state index < -0.39 is 38.6 Å². The fraction of sp³-hybridized carbons (Fsp3) is 0.250. The van der Waals surface area contributed by atoms with Crippen molar-refractivity contribution >= 4 is 38.6 Å². The van der Waals surface area contributed by atoms with Crippen LogP contribution in [0.3, 0.4) is 0 Å². The van der Waals surface area contributed by atoms with Crippen molar-refractivity contribution in [3.63, 3.8) is 0 Å². The van der Waals surface area contributed by atoms with E-state index in [1.807, 2.05) is 0 Å². The number of aromatic nitrogens is 2. The molecule has 1 heterocycles. The Morgan fingerprint density at radius 3 is 2.08 bits per heavy atom. The maximum atomic E-state index is 11.9. The summed E-state index contributed by atoms with van der Waals surface area (Å²) in [5.74, 6) is -1.50. The Morgan fingerprint density at radius 1 is 1.04 bits per heavy atom. The molecule has 1 aromatic heterocycles. The second kappa shape index (κ2) is 8.10. The zero-order chi connectivity index (χ0) is 18.6. The fourth-order valence-electron chi connectivity index (χ4n) is 1.97. The number of halogens is 1. The number of benzene rings is 1. The van der Waals surface area contributed by atoms with Gasteiger partial charge in [-0.25, -0.2) is 0 Å². The van der Waals surface area contributed by atoms with E-state index in [0.717, 1.165) is 0 Å². The summed E-state index contributed by atoms with van der Waals surface area (Å²) >= 11 is -2.87. The molecule has 8 nitrogen and oxygen atoms in total. The van der Waals surface area contributed by atoms with Crippen LogP contribution in [0.5, 0.6) is 0 Å². The van der Waals surface area contributed by atoms with E-state index in [1.165, 1.54) is 25.6 Å². The molecule has 2 aromatic rings. The van der Waals surface area contributed by atoms with Gasteiger partial charge in [0.15, 0.2) is 0 Å². The number of nitrogens with zero attached hydrogens (tertiary/aromatic N) is 2. The van der Waals surface area contributed by atoms with E-state index in [9.17, 15) is 14.4 Å². The van der Waals surface area contributed by atoms with Gasteiger partial charge in [-0.05, 0) is 0 Å². The summed E-state index contributed by atoms with van der Waals surface area (Å²) < 4.78 is 17.2. The molecule has 134 valence electrons. The average Bonchev–Trinajstić information content (AvgIpc) is 2.94. The maximum absolute atomic E-state index is 11.9. The molecule has 0 bridgehead atoms. The van der Waals surface area contributed by atoms with Crippen molar-refractivity contribution in [1.29, 1.82) is 0 Å². The number of esters is 1. The Kier molecular flexibility index (Phi) is 6.12. The molecule has 2 rings (SSSR count). The molecule has 0 atom stereocenters. The summed E-state index contributed by atoms with van der Waals surface area (Å²) in [5.41, 5.74) is 1.50. The van der Waals surface area contributed by atoms with Crippen LogP contribution in [-0.2, 0) is 27.5 Å². The first kappa shape index (κ1) is 18.9. The molecule has 0 radical (unpaired) electrons. The van der Waals surface area contributed by atoms with Crippen molar-refractivity contribution < 1.29 is 25.3 Å². The zero-order valence-electron chi connectivity index (χ0n) is 14.1. The van der Waals surface area contributed by atoms with Gasteiger partial charge >= 0.3 is 152 Å². The molecule has 0 spiro atoms. The van der Waals surface area contributed by atoms with Gasteiger partial charge in [0, 0.05) is 0 Å². The predicted molar refractivity (Wildman–Crippen MR) is 96.2 cm³/mol. The van der Waals surface area contributed by atoms with Crippen LogP contribution in [0.15, 0.2) is 30.5 Å². The van der Waals surface area contributed by atoms with E-state index >= 15 is 0 Å². The molecule has 0 amide bonds. The van der Waals surface area contributed by atoms with Crippen molar-refractivity contribution in [3.8, 4) is 11.3 Å². The third-order valence-electron chi connectivity index (χ3n) is 2.89. The molecule has 0 saturated carbocycles. The Hall–Kier alpha value is -2.43. The third kappa shape index (κ3) is 4.78. The SMILES string of the molecule is COC(=O)c1cn(C)nc1-c1ccc(I(OC(C)=O)OC(C)=O)cc1. The zero-order valence-corrected chi connectivity index (χ0v) is 16.3. The summed E-state index contributed by atoms with van der Waals surface area (Å²) in [6.07, 6.45) is 1.57. The monoisotopic (exact) mass is 460 g/mol. The van der Waals surface area contributed by atoms with Crippen molar-refractivity contribution in [3.05, 3.63) is 39.6 Å². The molecule has 25 heavy (non-hydrogen) atoms. The van der Waals surface area contributed by atoms with E-state index in [1.54, 1.807) is 37.5 Å². The first-order valence-corrected chi connectivity index (χ1v) is 9.96. The van der Waals surface area contributed by atoms with Gasteiger partial charge in [0.2, 0.25) is 0 Å². The van der Waals surface area contributed by atoms with Gasteiger partial charge in [-0.15, -0.1) is 0 Å². The van der Waals surface area contributed by atoms with Crippen LogP contribution in [0.2, 0.25) is 0 Å². The topological polar surface area (TPSA) is 96.7 Å². The number of methoxy groups -OCH3 is 1. The van der Waals surface area contributed by atoms with Crippen LogP contribution in [0, 0.1) is 3.57 Å². The van der Waals surface area contributed by atoms with Crippen molar-refractivity contribution in [2.75, 3.05) is 7.11 Å². The number of hydrogen-bond acceptors (Lipinski definition) is 7. The van der Waals surface area contributed by atoms with Gasteiger partial charge in [0.05, 0.1) is 0 Å². The molecule has 0 unspecified atom stereocenters. The van der Waals surface area contributed by atoms with Crippen molar-refractivity contribution in [2.24, 2.45) is 7.05 Å². The third-order valence-corrected chi connectivity index (χ3v) is 6.66. The van der Waals surface area contributed by atoms with Crippen LogP contribution < -0.4 is 0 Å². The van der Waals surface area contributed by atoms with E-state index in [2.05, 4.69) is 5.10 Å². The Bertz CT molecular complexity index is 783. The summed E-state index contributed by atoms with van der Waals surface area (Å²) in [6, 6.07) is 6.84. The predicted octanol–water partition coefficient (Wildman–Crippen LogP) is 2.51. The summed E-state index contributed by atoms with van der Waals surface area (Å²) in [7, 11) is 3.01. The molecule has 1 aromatic carbocycles. The number of ether oxygens (including phenoxy) is 1. The van der Waals surface area contributed by atoms with Crippen molar-refractivity contribution in [1.82, 2.24) is 9.78 Å². The van der Waals surface area contributed by atoms with Gasteiger partial charge in [-0.1, -0.05) is 0 Å². The second-order valence-electron chi connectivity index (χ2n) is 4.92. The number of aryl methyl sites for hydroxylation is 1. The van der Waals surface area contributed by atoms with Gasteiger partial charge < -0.3 is 0 Å². The normalized spacial score (nSPS) is 10.8. The number of hydrogen-bond donors (Lipinski definition) is 0. The van der Waals surface area contributed by atoms with Crippen LogP contribution >= 0.6 is 20.6 Å². The average molecular weight is 460 g/mol. The molecule has 0 aliphatic carbocycles. The minimum atomic E-state index is -2.87. The fourth-order valence-corrected chi connectivity index (χ4v) is 4.65. The van der Waals surface area contributed by atoms with E-state index in [-0.39, 0.29) is 0 Å². The van der Waals surface area contributed by atoms with Gasteiger partial charge in [0.25, 0.3) is 0 Å². The molecule has 0 saturated heterocycles. The quantitative estimate of drug-likeness (QED) is 0.500. The Labute approximate surface area is 152 Å². The Balaban J connectivity index is 2.34. The number of carbonyl (C=O) groups is 3. The molecule has 9 heteroatoms. The molecular formula is C16H17IN2O6. The first-order chi connectivity index (χ1) is 11.8. The molecule has 0 aliphatic rings. The number of rotatable bonds is 5. The molecule has 0 fully saturated rings. The standard InChI is InChI=1S/C16H17IN2O6/c1-10(20)24-17(25-11(2)21)13-7-5-12(6-8-13)15-14(16(22)23-4)9-19(3)18-15/h5-9H,1-4H3. The van der Waals surface area contributed by atoms with Crippen LogP contribution in [0.4, 0.5) is 0 Å². The van der Waals surface area contributed by atoms with Gasteiger partial charge in [0.1, 0.15) is 0 Å². The van der Waals surface area contributed by atoms with Crippen LogP contribution in [0.25, 0.3) is 11.3 Å². The first-order valence-electron chi connectivity index (χ1n) is 7.12. The van der Waals surface area contributed by atoms with Crippen LogP contribution in [0.1, 0.15) is 24.2 Å². The van der Waals surface area contributed by atoms with Crippen molar-refractivity contribution in [2.45, 2.75) is 13.8 Å². The molecule has 0 N–H and O–H groups in total. The van der Waals surface area contributed by atoms with Gasteiger partial charge in [-0.3, -0.25) is 0 Å². The molecular weight excluding hydrogens is 443 g/mol. The van der Waals surface area contributed by atoms with Gasteiger partial charge in [-0.2, -0.15) is 0 Å². The Morgan fingerprint density at radius 2 is 1.60 bits per heavy atom.